The summed E-state index contributed by atoms with van der Waals surface area (Å²) in [6.45, 7) is 8.28. The van der Waals surface area contributed by atoms with E-state index in [9.17, 15) is 14.4 Å². The SMILES string of the molecule is CC(C)CNC(=O)CNC(=O)NCC(CC(C)C)C(=O)O. The van der Waals surface area contributed by atoms with Gasteiger partial charge in [-0.05, 0) is 18.3 Å². The van der Waals surface area contributed by atoms with E-state index in [1.807, 2.05) is 27.7 Å². The molecule has 7 heteroatoms. The summed E-state index contributed by atoms with van der Waals surface area (Å²) in [6, 6.07) is -0.537. The van der Waals surface area contributed by atoms with Crippen molar-refractivity contribution in [1.29, 1.82) is 0 Å². The minimum absolute atomic E-state index is 0.0486. The average molecular weight is 301 g/mol. The van der Waals surface area contributed by atoms with Crippen LogP contribution in [0.1, 0.15) is 34.1 Å². The Morgan fingerprint density at radius 3 is 2.00 bits per heavy atom. The fourth-order valence-electron chi connectivity index (χ4n) is 1.66. The quantitative estimate of drug-likeness (QED) is 0.505. The van der Waals surface area contributed by atoms with Gasteiger partial charge >= 0.3 is 12.0 Å². The number of urea groups is 1. The number of carboxylic acid groups (broad SMARTS) is 1. The highest BCUT2D eigenvalue weighted by atomic mass is 16.4. The van der Waals surface area contributed by atoms with Crippen molar-refractivity contribution in [3.8, 4) is 0 Å². The van der Waals surface area contributed by atoms with E-state index in [4.69, 9.17) is 5.11 Å². The number of aliphatic carboxylic acids is 1. The molecule has 0 aliphatic rings. The Morgan fingerprint density at radius 2 is 1.52 bits per heavy atom. The molecule has 0 saturated carbocycles. The summed E-state index contributed by atoms with van der Waals surface area (Å²) in [7, 11) is 0. The van der Waals surface area contributed by atoms with Gasteiger partial charge in [0.15, 0.2) is 0 Å². The van der Waals surface area contributed by atoms with Crippen molar-refractivity contribution < 1.29 is 19.5 Å². The predicted molar refractivity (Wildman–Crippen MR) is 79.8 cm³/mol. The predicted octanol–water partition coefficient (Wildman–Crippen LogP) is 0.805. The molecule has 0 aliphatic carbocycles. The Hall–Kier alpha value is -1.79. The molecule has 7 nitrogen and oxygen atoms in total. The second-order valence-corrected chi connectivity index (χ2v) is 5.93. The topological polar surface area (TPSA) is 108 Å². The number of carbonyl (C=O) groups is 3. The lowest BCUT2D eigenvalue weighted by molar-refractivity contribution is -0.142. The van der Waals surface area contributed by atoms with Gasteiger partial charge in [0, 0.05) is 13.1 Å². The van der Waals surface area contributed by atoms with Gasteiger partial charge in [0.25, 0.3) is 0 Å². The molecule has 0 rings (SSSR count). The molecule has 122 valence electrons. The summed E-state index contributed by atoms with van der Waals surface area (Å²) in [5, 5.41) is 16.6. The highest BCUT2D eigenvalue weighted by Gasteiger charge is 2.19. The van der Waals surface area contributed by atoms with Crippen LogP contribution in [0, 0.1) is 17.8 Å². The first kappa shape index (κ1) is 19.2. The first-order valence-electron chi connectivity index (χ1n) is 7.23. The molecule has 0 aromatic heterocycles. The number of carboxylic acids is 1. The van der Waals surface area contributed by atoms with Gasteiger partial charge in [-0.1, -0.05) is 27.7 Å². The maximum Gasteiger partial charge on any atom is 0.315 e. The third-order valence-electron chi connectivity index (χ3n) is 2.73. The maximum atomic E-state index is 11.5. The van der Waals surface area contributed by atoms with E-state index in [2.05, 4.69) is 16.0 Å². The smallest absolute Gasteiger partial charge is 0.315 e. The summed E-state index contributed by atoms with van der Waals surface area (Å²) in [5.74, 6) is -1.24. The fraction of sp³-hybridized carbons (Fsp3) is 0.786. The van der Waals surface area contributed by atoms with Crippen LogP contribution < -0.4 is 16.0 Å². The monoisotopic (exact) mass is 301 g/mol. The number of carbonyl (C=O) groups excluding carboxylic acids is 2. The van der Waals surface area contributed by atoms with E-state index in [1.54, 1.807) is 0 Å². The standard InChI is InChI=1S/C14H27N3O4/c1-9(2)5-11(13(19)20)7-16-14(21)17-8-12(18)15-6-10(3)4/h9-11H,5-8H2,1-4H3,(H,15,18)(H,19,20)(H2,16,17,21). The van der Waals surface area contributed by atoms with Crippen molar-refractivity contribution in [1.82, 2.24) is 16.0 Å². The molecule has 0 spiro atoms. The molecule has 0 heterocycles. The molecule has 3 amide bonds. The number of amides is 3. The van der Waals surface area contributed by atoms with Gasteiger partial charge in [0.1, 0.15) is 0 Å². The van der Waals surface area contributed by atoms with Gasteiger partial charge in [-0.15, -0.1) is 0 Å². The Morgan fingerprint density at radius 1 is 0.905 bits per heavy atom. The Labute approximate surface area is 125 Å². The van der Waals surface area contributed by atoms with Crippen LogP contribution in [0.25, 0.3) is 0 Å². The largest absolute Gasteiger partial charge is 0.481 e. The van der Waals surface area contributed by atoms with Crippen LogP contribution in [0.3, 0.4) is 0 Å². The lowest BCUT2D eigenvalue weighted by Crippen LogP contribution is -2.44. The van der Waals surface area contributed by atoms with E-state index < -0.39 is 17.9 Å². The number of rotatable bonds is 9. The summed E-state index contributed by atoms with van der Waals surface area (Å²) in [4.78, 5) is 33.9. The maximum absolute atomic E-state index is 11.5. The molecular formula is C14H27N3O4. The molecule has 0 bridgehead atoms. The molecule has 1 unspecified atom stereocenters. The molecule has 4 N–H and O–H groups in total. The molecule has 0 saturated heterocycles. The van der Waals surface area contributed by atoms with Crippen molar-refractivity contribution in [2.45, 2.75) is 34.1 Å². The van der Waals surface area contributed by atoms with Crippen molar-refractivity contribution in [3.63, 3.8) is 0 Å². The zero-order valence-electron chi connectivity index (χ0n) is 13.2. The second kappa shape index (κ2) is 10.0. The average Bonchev–Trinajstić information content (AvgIpc) is 2.37. The van der Waals surface area contributed by atoms with Crippen LogP contribution in [0.15, 0.2) is 0 Å². The van der Waals surface area contributed by atoms with Crippen LogP contribution in [0.4, 0.5) is 4.79 Å². The Balaban J connectivity index is 3.97. The highest BCUT2D eigenvalue weighted by molar-refractivity contribution is 5.84. The van der Waals surface area contributed by atoms with Crippen LogP contribution in [0.5, 0.6) is 0 Å². The molecule has 0 radical (unpaired) electrons. The third kappa shape index (κ3) is 10.6. The third-order valence-corrected chi connectivity index (χ3v) is 2.73. The van der Waals surface area contributed by atoms with E-state index in [0.29, 0.717) is 18.9 Å². The zero-order chi connectivity index (χ0) is 16.4. The summed E-state index contributed by atoms with van der Waals surface area (Å²) in [5.41, 5.74) is 0. The molecule has 21 heavy (non-hydrogen) atoms. The van der Waals surface area contributed by atoms with Crippen molar-refractivity contribution in [3.05, 3.63) is 0 Å². The van der Waals surface area contributed by atoms with Gasteiger partial charge in [0.2, 0.25) is 5.91 Å². The summed E-state index contributed by atoms with van der Waals surface area (Å²) >= 11 is 0. The number of hydrogen-bond donors (Lipinski definition) is 4. The van der Waals surface area contributed by atoms with Gasteiger partial charge in [-0.2, -0.15) is 0 Å². The van der Waals surface area contributed by atoms with E-state index in [0.717, 1.165) is 0 Å². The van der Waals surface area contributed by atoms with Crippen molar-refractivity contribution >= 4 is 17.9 Å². The summed E-state index contributed by atoms with van der Waals surface area (Å²) in [6.07, 6.45) is 0.491. The van der Waals surface area contributed by atoms with E-state index >= 15 is 0 Å². The lowest BCUT2D eigenvalue weighted by atomic mass is 9.97. The molecular weight excluding hydrogens is 274 g/mol. The van der Waals surface area contributed by atoms with Crippen molar-refractivity contribution in [2.75, 3.05) is 19.6 Å². The van der Waals surface area contributed by atoms with Gasteiger partial charge in [0.05, 0.1) is 12.5 Å². The molecule has 1 atom stereocenters. The highest BCUT2D eigenvalue weighted by Crippen LogP contribution is 2.10. The first-order valence-corrected chi connectivity index (χ1v) is 7.23. The number of hydrogen-bond acceptors (Lipinski definition) is 3. The normalized spacial score (nSPS) is 12.1. The minimum Gasteiger partial charge on any atom is -0.481 e. The summed E-state index contributed by atoms with van der Waals surface area (Å²) < 4.78 is 0. The van der Waals surface area contributed by atoms with Crippen molar-refractivity contribution in [2.24, 2.45) is 17.8 Å². The van der Waals surface area contributed by atoms with Gasteiger partial charge < -0.3 is 21.1 Å². The minimum atomic E-state index is -0.932. The first-order chi connectivity index (χ1) is 9.72. The fourth-order valence-corrected chi connectivity index (χ4v) is 1.66. The second-order valence-electron chi connectivity index (χ2n) is 5.93. The zero-order valence-corrected chi connectivity index (χ0v) is 13.2. The van der Waals surface area contributed by atoms with Gasteiger partial charge in [-0.3, -0.25) is 9.59 Å². The van der Waals surface area contributed by atoms with Crippen LogP contribution in [0.2, 0.25) is 0 Å². The van der Waals surface area contributed by atoms with E-state index in [1.165, 1.54) is 0 Å². The van der Waals surface area contributed by atoms with Crippen LogP contribution in [-0.4, -0.2) is 42.6 Å². The Bertz CT molecular complexity index is 356. The van der Waals surface area contributed by atoms with Crippen LogP contribution >= 0.6 is 0 Å². The van der Waals surface area contributed by atoms with Crippen LogP contribution in [-0.2, 0) is 9.59 Å². The molecule has 0 aliphatic heterocycles. The Kier molecular flexibility index (Phi) is 9.16. The van der Waals surface area contributed by atoms with E-state index in [-0.39, 0.29) is 24.9 Å². The molecule has 0 fully saturated rings. The molecule has 0 aromatic rings. The number of nitrogens with one attached hydrogen (secondary N) is 3. The lowest BCUT2D eigenvalue weighted by Gasteiger charge is -2.15. The van der Waals surface area contributed by atoms with Gasteiger partial charge in [-0.25, -0.2) is 4.79 Å². The molecule has 0 aromatic carbocycles.